The maximum atomic E-state index is 12.3. The Hall–Kier alpha value is -0.610. The van der Waals surface area contributed by atoms with Crippen molar-refractivity contribution >= 4 is 35.8 Å². The van der Waals surface area contributed by atoms with E-state index in [0.29, 0.717) is 25.9 Å². The van der Waals surface area contributed by atoms with Crippen LogP contribution in [0.2, 0.25) is 0 Å². The zero-order chi connectivity index (χ0) is 19.0. The summed E-state index contributed by atoms with van der Waals surface area (Å²) in [7, 11) is 0. The zero-order valence-corrected chi connectivity index (χ0v) is 19.6. The summed E-state index contributed by atoms with van der Waals surface area (Å²) in [5.41, 5.74) is -0.718. The van der Waals surface area contributed by atoms with E-state index < -0.39 is 5.60 Å². The summed E-state index contributed by atoms with van der Waals surface area (Å²) >= 11 is 0. The minimum absolute atomic E-state index is 0. The minimum Gasteiger partial charge on any atom is -0.388 e. The van der Waals surface area contributed by atoms with Gasteiger partial charge in [0.25, 0.3) is 0 Å². The highest BCUT2D eigenvalue weighted by atomic mass is 127. The number of rotatable bonds is 7. The first kappa shape index (κ1) is 24.4. The third-order valence-electron chi connectivity index (χ3n) is 5.66. The Bertz CT molecular complexity index is 471. The third kappa shape index (κ3) is 7.38. The summed E-state index contributed by atoms with van der Waals surface area (Å²) in [6.45, 7) is 13.1. The number of amides is 1. The van der Waals surface area contributed by atoms with Gasteiger partial charge in [0.1, 0.15) is 0 Å². The second-order valence-electron chi connectivity index (χ2n) is 7.45. The number of nitrogens with one attached hydrogen (secondary N) is 1. The Balaban J connectivity index is 0.00000364. The number of likely N-dealkylation sites (tertiary alicyclic amines) is 1. The second-order valence-corrected chi connectivity index (χ2v) is 7.45. The standard InChI is InChI=1S/C19H37N5O2.HI/c1-4-19(26,5-2)16-21-18(20-6-3)24-13-11-22(12-14-24)15-17(25)23-9-7-8-10-23;/h26H,4-16H2,1-3H3,(H,20,21);1H. The molecule has 2 heterocycles. The fraction of sp³-hybridized carbons (Fsp3) is 0.895. The van der Waals surface area contributed by atoms with E-state index in [2.05, 4.69) is 27.0 Å². The summed E-state index contributed by atoms with van der Waals surface area (Å²) in [5.74, 6) is 1.14. The lowest BCUT2D eigenvalue weighted by Crippen LogP contribution is -2.54. The van der Waals surface area contributed by atoms with Gasteiger partial charge >= 0.3 is 0 Å². The lowest BCUT2D eigenvalue weighted by Gasteiger charge is -2.37. The van der Waals surface area contributed by atoms with Gasteiger partial charge in [0.2, 0.25) is 5.91 Å². The summed E-state index contributed by atoms with van der Waals surface area (Å²) in [4.78, 5) is 23.5. The molecular weight excluding hydrogens is 457 g/mol. The van der Waals surface area contributed by atoms with E-state index in [9.17, 15) is 9.90 Å². The average molecular weight is 495 g/mol. The van der Waals surface area contributed by atoms with Crippen molar-refractivity contribution < 1.29 is 9.90 Å². The molecule has 0 spiro atoms. The summed E-state index contributed by atoms with van der Waals surface area (Å²) in [6, 6.07) is 0. The summed E-state index contributed by atoms with van der Waals surface area (Å²) in [5, 5.41) is 13.8. The smallest absolute Gasteiger partial charge is 0.236 e. The van der Waals surface area contributed by atoms with E-state index in [4.69, 9.17) is 0 Å². The van der Waals surface area contributed by atoms with Crippen LogP contribution in [0.5, 0.6) is 0 Å². The maximum absolute atomic E-state index is 12.3. The first-order valence-corrected chi connectivity index (χ1v) is 10.3. The molecule has 2 aliphatic rings. The number of aliphatic hydroxyl groups is 1. The van der Waals surface area contributed by atoms with Crippen LogP contribution in [-0.4, -0.2) is 96.2 Å². The number of carbonyl (C=O) groups excluding carboxylic acids is 1. The van der Waals surface area contributed by atoms with Crippen molar-refractivity contribution in [1.82, 2.24) is 20.0 Å². The number of piperazine rings is 1. The number of hydrogen-bond donors (Lipinski definition) is 2. The Morgan fingerprint density at radius 1 is 1.00 bits per heavy atom. The third-order valence-corrected chi connectivity index (χ3v) is 5.66. The maximum Gasteiger partial charge on any atom is 0.236 e. The van der Waals surface area contributed by atoms with Crippen molar-refractivity contribution in [3.8, 4) is 0 Å². The molecule has 2 N–H and O–H groups in total. The largest absolute Gasteiger partial charge is 0.388 e. The molecule has 2 saturated heterocycles. The van der Waals surface area contributed by atoms with Gasteiger partial charge in [-0.1, -0.05) is 13.8 Å². The molecule has 0 aromatic heterocycles. The molecule has 27 heavy (non-hydrogen) atoms. The molecule has 0 aromatic rings. The Morgan fingerprint density at radius 3 is 2.11 bits per heavy atom. The lowest BCUT2D eigenvalue weighted by molar-refractivity contribution is -0.131. The molecule has 0 aromatic carbocycles. The minimum atomic E-state index is -0.718. The Labute approximate surface area is 181 Å². The van der Waals surface area contributed by atoms with Crippen LogP contribution in [0.1, 0.15) is 46.5 Å². The first-order valence-electron chi connectivity index (χ1n) is 10.3. The molecule has 0 atom stereocenters. The molecule has 7 nitrogen and oxygen atoms in total. The van der Waals surface area contributed by atoms with Crippen molar-refractivity contribution in [2.45, 2.75) is 52.1 Å². The van der Waals surface area contributed by atoms with Crippen LogP contribution in [0.25, 0.3) is 0 Å². The van der Waals surface area contributed by atoms with Crippen LogP contribution >= 0.6 is 24.0 Å². The first-order chi connectivity index (χ1) is 12.5. The molecular formula is C19H38IN5O2. The van der Waals surface area contributed by atoms with Gasteiger partial charge in [-0.15, -0.1) is 24.0 Å². The lowest BCUT2D eigenvalue weighted by atomic mass is 9.98. The van der Waals surface area contributed by atoms with Crippen LogP contribution in [0.3, 0.4) is 0 Å². The highest BCUT2D eigenvalue weighted by molar-refractivity contribution is 14.0. The van der Waals surface area contributed by atoms with Crippen LogP contribution < -0.4 is 5.32 Å². The SMILES string of the molecule is CCNC(=NCC(O)(CC)CC)N1CCN(CC(=O)N2CCCC2)CC1.I. The molecule has 2 fully saturated rings. The number of carbonyl (C=O) groups is 1. The Kier molecular flexibility index (Phi) is 10.9. The fourth-order valence-electron chi connectivity index (χ4n) is 3.50. The number of aliphatic imine (C=N–C) groups is 1. The topological polar surface area (TPSA) is 71.4 Å². The van der Waals surface area contributed by atoms with Gasteiger partial charge in [-0.05, 0) is 32.6 Å². The number of halogens is 1. The normalized spacial score (nSPS) is 19.2. The second kappa shape index (κ2) is 12.1. The predicted molar refractivity (Wildman–Crippen MR) is 121 cm³/mol. The van der Waals surface area contributed by atoms with Crippen molar-refractivity contribution in [1.29, 1.82) is 0 Å². The molecule has 0 radical (unpaired) electrons. The van der Waals surface area contributed by atoms with Gasteiger partial charge in [0.15, 0.2) is 5.96 Å². The van der Waals surface area contributed by atoms with E-state index >= 15 is 0 Å². The van der Waals surface area contributed by atoms with Crippen LogP contribution in [0.15, 0.2) is 4.99 Å². The summed E-state index contributed by atoms with van der Waals surface area (Å²) < 4.78 is 0. The highest BCUT2D eigenvalue weighted by Crippen LogP contribution is 2.15. The number of nitrogens with zero attached hydrogens (tertiary/aromatic N) is 4. The van der Waals surface area contributed by atoms with Gasteiger partial charge in [-0.3, -0.25) is 14.7 Å². The fourth-order valence-corrected chi connectivity index (χ4v) is 3.50. The van der Waals surface area contributed by atoms with Crippen molar-refractivity contribution in [3.05, 3.63) is 0 Å². The molecule has 0 unspecified atom stereocenters. The molecule has 1 amide bonds. The van der Waals surface area contributed by atoms with Crippen LogP contribution in [0, 0.1) is 0 Å². The van der Waals surface area contributed by atoms with E-state index in [-0.39, 0.29) is 29.9 Å². The van der Waals surface area contributed by atoms with E-state index in [1.165, 1.54) is 0 Å². The van der Waals surface area contributed by atoms with Gasteiger partial charge in [-0.25, -0.2) is 0 Å². The molecule has 2 rings (SSSR count). The molecule has 8 heteroatoms. The van der Waals surface area contributed by atoms with Crippen molar-refractivity contribution in [2.75, 3.05) is 58.9 Å². The monoisotopic (exact) mass is 495 g/mol. The van der Waals surface area contributed by atoms with Crippen LogP contribution in [-0.2, 0) is 4.79 Å². The molecule has 158 valence electrons. The Morgan fingerprint density at radius 2 is 1.59 bits per heavy atom. The molecule has 0 saturated carbocycles. The number of guanidine groups is 1. The van der Waals surface area contributed by atoms with E-state index in [1.807, 2.05) is 18.7 Å². The average Bonchev–Trinajstić information content (AvgIpc) is 3.20. The molecule has 2 aliphatic heterocycles. The van der Waals surface area contributed by atoms with Crippen LogP contribution in [0.4, 0.5) is 0 Å². The molecule has 0 bridgehead atoms. The van der Waals surface area contributed by atoms with E-state index in [0.717, 1.165) is 64.6 Å². The van der Waals surface area contributed by atoms with E-state index in [1.54, 1.807) is 0 Å². The van der Waals surface area contributed by atoms with Gasteiger partial charge in [-0.2, -0.15) is 0 Å². The predicted octanol–water partition coefficient (Wildman–Crippen LogP) is 1.36. The summed E-state index contributed by atoms with van der Waals surface area (Å²) in [6.07, 6.45) is 3.70. The van der Waals surface area contributed by atoms with Gasteiger partial charge < -0.3 is 20.2 Å². The van der Waals surface area contributed by atoms with Crippen molar-refractivity contribution in [3.63, 3.8) is 0 Å². The number of hydrogen-bond acceptors (Lipinski definition) is 4. The molecule has 0 aliphatic carbocycles. The van der Waals surface area contributed by atoms with Gasteiger partial charge in [0.05, 0.1) is 18.7 Å². The van der Waals surface area contributed by atoms with Crippen molar-refractivity contribution in [2.24, 2.45) is 4.99 Å². The highest BCUT2D eigenvalue weighted by Gasteiger charge is 2.26. The zero-order valence-electron chi connectivity index (χ0n) is 17.2. The van der Waals surface area contributed by atoms with Gasteiger partial charge in [0, 0.05) is 45.8 Å². The quantitative estimate of drug-likeness (QED) is 0.317.